The average Bonchev–Trinajstić information content (AvgIpc) is 3.19. The van der Waals surface area contributed by atoms with Crippen molar-refractivity contribution in [2.75, 3.05) is 6.61 Å². The molecule has 23 heavy (non-hydrogen) atoms. The van der Waals surface area contributed by atoms with Crippen LogP contribution in [0.15, 0.2) is 35.0 Å². The number of ether oxygens (including phenoxy) is 1. The fourth-order valence-electron chi connectivity index (χ4n) is 1.86. The molecule has 9 heteroatoms. The molecule has 0 aliphatic carbocycles. The van der Waals surface area contributed by atoms with Crippen molar-refractivity contribution in [3.05, 3.63) is 47.7 Å². The highest BCUT2D eigenvalue weighted by molar-refractivity contribution is 5.84. The van der Waals surface area contributed by atoms with E-state index in [1.54, 1.807) is 29.9 Å². The molecule has 0 aliphatic rings. The highest BCUT2D eigenvalue weighted by Crippen LogP contribution is 2.13. The van der Waals surface area contributed by atoms with Gasteiger partial charge in [0.25, 0.3) is 0 Å². The number of hydrogen-bond acceptors (Lipinski definition) is 7. The molecule has 0 spiro atoms. The third-order valence-corrected chi connectivity index (χ3v) is 2.90. The maximum atomic E-state index is 12.9. The lowest BCUT2D eigenvalue weighted by atomic mass is 10.2. The number of esters is 1. The van der Waals surface area contributed by atoms with Crippen LogP contribution in [0.2, 0.25) is 0 Å². The second kappa shape index (κ2) is 6.34. The summed E-state index contributed by atoms with van der Waals surface area (Å²) in [4.78, 5) is 15.4. The van der Waals surface area contributed by atoms with E-state index >= 15 is 0 Å². The highest BCUT2D eigenvalue weighted by atomic mass is 19.1. The van der Waals surface area contributed by atoms with Crippen molar-refractivity contribution >= 4 is 5.97 Å². The Labute approximate surface area is 129 Å². The predicted molar refractivity (Wildman–Crippen MR) is 74.8 cm³/mol. The third-order valence-electron chi connectivity index (χ3n) is 2.90. The molecule has 2 aromatic heterocycles. The smallest absolute Gasteiger partial charge is 0.397 e. The van der Waals surface area contributed by atoms with E-state index in [2.05, 4.69) is 20.5 Å². The summed E-state index contributed by atoms with van der Waals surface area (Å²) in [7, 11) is 0. The summed E-state index contributed by atoms with van der Waals surface area (Å²) in [6.07, 6.45) is 1.60. The van der Waals surface area contributed by atoms with Crippen LogP contribution in [0.1, 0.15) is 23.2 Å². The van der Waals surface area contributed by atoms with E-state index < -0.39 is 5.97 Å². The summed E-state index contributed by atoms with van der Waals surface area (Å²) < 4.78 is 24.0. The van der Waals surface area contributed by atoms with Gasteiger partial charge in [-0.15, -0.1) is 5.10 Å². The van der Waals surface area contributed by atoms with Crippen LogP contribution < -0.4 is 0 Å². The second-order valence-electron chi connectivity index (χ2n) is 4.57. The van der Waals surface area contributed by atoms with E-state index in [9.17, 15) is 9.18 Å². The summed E-state index contributed by atoms with van der Waals surface area (Å²) in [5, 5.41) is 11.5. The Morgan fingerprint density at radius 3 is 2.87 bits per heavy atom. The molecule has 0 fully saturated rings. The molecular weight excluding hydrogens is 305 g/mol. The maximum Gasteiger partial charge on any atom is 0.397 e. The standard InChI is InChI=1S/C14H12FN5O3/c1-2-22-14(21)13-16-12(18-23-13)11-8-20(19-17-11)7-9-3-5-10(15)6-4-9/h3-6,8H,2,7H2,1H3. The summed E-state index contributed by atoms with van der Waals surface area (Å²) in [6.45, 7) is 2.30. The number of halogens is 1. The Morgan fingerprint density at radius 1 is 1.35 bits per heavy atom. The second-order valence-corrected chi connectivity index (χ2v) is 4.57. The van der Waals surface area contributed by atoms with Crippen molar-refractivity contribution in [3.63, 3.8) is 0 Å². The number of hydrogen-bond donors (Lipinski definition) is 0. The summed E-state index contributed by atoms with van der Waals surface area (Å²) in [5.41, 5.74) is 1.22. The monoisotopic (exact) mass is 317 g/mol. The van der Waals surface area contributed by atoms with Gasteiger partial charge in [0.05, 0.1) is 19.3 Å². The van der Waals surface area contributed by atoms with Crippen molar-refractivity contribution in [2.45, 2.75) is 13.5 Å². The quantitative estimate of drug-likeness (QED) is 0.661. The number of rotatable bonds is 5. The highest BCUT2D eigenvalue weighted by Gasteiger charge is 2.18. The van der Waals surface area contributed by atoms with Crippen LogP contribution in [0, 0.1) is 5.82 Å². The molecule has 0 aliphatic heterocycles. The zero-order valence-electron chi connectivity index (χ0n) is 12.1. The van der Waals surface area contributed by atoms with E-state index in [1.807, 2.05) is 0 Å². The predicted octanol–water partition coefficient (Wildman–Crippen LogP) is 1.69. The van der Waals surface area contributed by atoms with Crippen LogP contribution in [0.3, 0.4) is 0 Å². The van der Waals surface area contributed by atoms with Crippen molar-refractivity contribution in [1.29, 1.82) is 0 Å². The van der Waals surface area contributed by atoms with E-state index in [-0.39, 0.29) is 24.1 Å². The summed E-state index contributed by atoms with van der Waals surface area (Å²) in [5.74, 6) is -1.09. The molecule has 2 heterocycles. The first-order chi connectivity index (χ1) is 11.2. The lowest BCUT2D eigenvalue weighted by molar-refractivity contribution is 0.0470. The van der Waals surface area contributed by atoms with Gasteiger partial charge in [0, 0.05) is 0 Å². The summed E-state index contributed by atoms with van der Waals surface area (Å²) >= 11 is 0. The molecule has 0 amide bonds. The number of benzene rings is 1. The fourth-order valence-corrected chi connectivity index (χ4v) is 1.86. The lowest BCUT2D eigenvalue weighted by Gasteiger charge is -1.99. The molecule has 3 rings (SSSR count). The van der Waals surface area contributed by atoms with E-state index in [0.29, 0.717) is 12.2 Å². The molecule has 0 bridgehead atoms. The van der Waals surface area contributed by atoms with Gasteiger partial charge < -0.3 is 9.26 Å². The molecule has 0 saturated heterocycles. The normalized spacial score (nSPS) is 10.7. The average molecular weight is 317 g/mol. The Bertz CT molecular complexity index is 812. The van der Waals surface area contributed by atoms with Gasteiger partial charge in [-0.1, -0.05) is 22.5 Å². The van der Waals surface area contributed by atoms with Crippen molar-refractivity contribution in [3.8, 4) is 11.5 Å². The Balaban J connectivity index is 1.74. The maximum absolute atomic E-state index is 12.9. The topological polar surface area (TPSA) is 95.9 Å². The lowest BCUT2D eigenvalue weighted by Crippen LogP contribution is -2.04. The zero-order chi connectivity index (χ0) is 16.2. The van der Waals surface area contributed by atoms with Crippen LogP contribution in [-0.4, -0.2) is 37.7 Å². The Morgan fingerprint density at radius 2 is 2.13 bits per heavy atom. The van der Waals surface area contributed by atoms with Crippen LogP contribution in [0.25, 0.3) is 11.5 Å². The molecule has 0 saturated carbocycles. The SMILES string of the molecule is CCOC(=O)c1nc(-c2cn(Cc3ccc(F)cc3)nn2)no1. The van der Waals surface area contributed by atoms with E-state index in [4.69, 9.17) is 9.26 Å². The van der Waals surface area contributed by atoms with Gasteiger partial charge in [0.1, 0.15) is 5.82 Å². The molecule has 118 valence electrons. The van der Waals surface area contributed by atoms with Gasteiger partial charge in [-0.25, -0.2) is 13.9 Å². The molecule has 0 radical (unpaired) electrons. The van der Waals surface area contributed by atoms with Crippen LogP contribution >= 0.6 is 0 Å². The van der Waals surface area contributed by atoms with Crippen LogP contribution in [0.4, 0.5) is 4.39 Å². The molecule has 3 aromatic rings. The molecule has 0 N–H and O–H groups in total. The first kappa shape index (κ1) is 14.8. The molecule has 1 aromatic carbocycles. The largest absolute Gasteiger partial charge is 0.459 e. The van der Waals surface area contributed by atoms with Crippen molar-refractivity contribution < 1.29 is 18.4 Å². The Kier molecular flexibility index (Phi) is 4.09. The molecule has 0 atom stereocenters. The zero-order valence-corrected chi connectivity index (χ0v) is 12.1. The molecule has 8 nitrogen and oxygen atoms in total. The van der Waals surface area contributed by atoms with Gasteiger partial charge >= 0.3 is 11.9 Å². The van der Waals surface area contributed by atoms with Gasteiger partial charge in [0.15, 0.2) is 5.69 Å². The minimum Gasteiger partial charge on any atom is -0.459 e. The number of carbonyl (C=O) groups excluding carboxylic acids is 1. The number of carbonyl (C=O) groups is 1. The van der Waals surface area contributed by atoms with Crippen LogP contribution in [0.5, 0.6) is 0 Å². The van der Waals surface area contributed by atoms with Gasteiger partial charge in [-0.2, -0.15) is 4.98 Å². The Hall–Kier alpha value is -3.10. The van der Waals surface area contributed by atoms with Gasteiger partial charge in [-0.05, 0) is 24.6 Å². The van der Waals surface area contributed by atoms with Gasteiger partial charge in [0.2, 0.25) is 5.82 Å². The summed E-state index contributed by atoms with van der Waals surface area (Å²) in [6, 6.07) is 6.06. The minimum atomic E-state index is -0.690. The van der Waals surface area contributed by atoms with Crippen molar-refractivity contribution in [2.24, 2.45) is 0 Å². The van der Waals surface area contributed by atoms with E-state index in [0.717, 1.165) is 5.56 Å². The van der Waals surface area contributed by atoms with E-state index in [1.165, 1.54) is 12.1 Å². The fraction of sp³-hybridized carbons (Fsp3) is 0.214. The molecule has 0 unspecified atom stereocenters. The van der Waals surface area contributed by atoms with Gasteiger partial charge in [-0.3, -0.25) is 0 Å². The van der Waals surface area contributed by atoms with Crippen LogP contribution in [-0.2, 0) is 11.3 Å². The first-order valence-corrected chi connectivity index (χ1v) is 6.81. The van der Waals surface area contributed by atoms with Crippen molar-refractivity contribution in [1.82, 2.24) is 25.1 Å². The number of nitrogens with zero attached hydrogens (tertiary/aromatic N) is 5. The minimum absolute atomic E-state index is 0.137. The third kappa shape index (κ3) is 3.39. The molecular formula is C14H12FN5O3. The number of aromatic nitrogens is 5. The first-order valence-electron chi connectivity index (χ1n) is 6.81.